The summed E-state index contributed by atoms with van der Waals surface area (Å²) in [6.07, 6.45) is 2.09. The zero-order valence-electron chi connectivity index (χ0n) is 10.9. The Kier molecular flexibility index (Phi) is 3.59. The molecular weight excluding hydrogens is 342 g/mol. The van der Waals surface area contributed by atoms with E-state index in [4.69, 9.17) is 5.73 Å². The highest BCUT2D eigenvalue weighted by Crippen LogP contribution is 2.20. The second-order valence-corrected chi connectivity index (χ2v) is 5.56. The van der Waals surface area contributed by atoms with Crippen LogP contribution in [0.4, 0.5) is 14.7 Å². The van der Waals surface area contributed by atoms with E-state index < -0.39 is 11.6 Å². The van der Waals surface area contributed by atoms with Crippen LogP contribution >= 0.6 is 15.9 Å². The van der Waals surface area contributed by atoms with E-state index >= 15 is 0 Å². The lowest BCUT2D eigenvalue weighted by atomic mass is 10.1. The van der Waals surface area contributed by atoms with Crippen LogP contribution in [-0.2, 0) is 13.0 Å². The Hall–Kier alpha value is -2.02. The molecule has 0 saturated carbocycles. The van der Waals surface area contributed by atoms with E-state index in [9.17, 15) is 8.78 Å². The van der Waals surface area contributed by atoms with Gasteiger partial charge in [-0.1, -0.05) is 0 Å². The molecule has 0 aliphatic carbocycles. The van der Waals surface area contributed by atoms with Gasteiger partial charge in [0.2, 0.25) is 5.95 Å². The van der Waals surface area contributed by atoms with Crippen molar-refractivity contribution in [3.63, 3.8) is 0 Å². The molecule has 2 heterocycles. The number of aryl methyl sites for hydroxylation is 2. The summed E-state index contributed by atoms with van der Waals surface area (Å²) in [6.45, 7) is 0.444. The smallest absolute Gasteiger partial charge is 0.202 e. The van der Waals surface area contributed by atoms with E-state index in [1.54, 1.807) is 10.8 Å². The van der Waals surface area contributed by atoms with Crippen molar-refractivity contribution in [1.82, 2.24) is 14.5 Å². The predicted molar refractivity (Wildman–Crippen MR) is 79.7 cm³/mol. The summed E-state index contributed by atoms with van der Waals surface area (Å²) in [5.74, 6) is -0.849. The SMILES string of the molecule is Nc1nc2cc(Br)cnc2n1CCc1cc(F)cc(F)c1. The lowest BCUT2D eigenvalue weighted by molar-refractivity contribution is 0.577. The number of hydrogen-bond acceptors (Lipinski definition) is 3. The number of rotatable bonds is 3. The van der Waals surface area contributed by atoms with Crippen LogP contribution < -0.4 is 5.73 Å². The van der Waals surface area contributed by atoms with Crippen LogP contribution in [0.1, 0.15) is 5.56 Å². The highest BCUT2D eigenvalue weighted by Gasteiger charge is 2.10. The van der Waals surface area contributed by atoms with Gasteiger partial charge in [0.15, 0.2) is 5.65 Å². The summed E-state index contributed by atoms with van der Waals surface area (Å²) in [5, 5.41) is 0. The zero-order chi connectivity index (χ0) is 15.0. The Morgan fingerprint density at radius 2 is 1.86 bits per heavy atom. The van der Waals surface area contributed by atoms with Crippen molar-refractivity contribution in [2.45, 2.75) is 13.0 Å². The van der Waals surface area contributed by atoms with Crippen LogP contribution in [0.3, 0.4) is 0 Å². The summed E-state index contributed by atoms with van der Waals surface area (Å²) in [7, 11) is 0. The number of pyridine rings is 1. The van der Waals surface area contributed by atoms with Gasteiger partial charge in [0.05, 0.1) is 0 Å². The number of hydrogen-bond donors (Lipinski definition) is 1. The van der Waals surface area contributed by atoms with Crippen molar-refractivity contribution in [2.75, 3.05) is 5.73 Å². The van der Waals surface area contributed by atoms with Crippen molar-refractivity contribution in [1.29, 1.82) is 0 Å². The minimum absolute atomic E-state index is 0.326. The molecule has 21 heavy (non-hydrogen) atoms. The molecule has 0 bridgehead atoms. The number of benzene rings is 1. The maximum atomic E-state index is 13.2. The largest absolute Gasteiger partial charge is 0.369 e. The average molecular weight is 353 g/mol. The van der Waals surface area contributed by atoms with Crippen molar-refractivity contribution in [3.8, 4) is 0 Å². The summed E-state index contributed by atoms with van der Waals surface area (Å²) >= 11 is 3.32. The van der Waals surface area contributed by atoms with Crippen LogP contribution in [0, 0.1) is 11.6 Å². The van der Waals surface area contributed by atoms with Gasteiger partial charge in [-0.25, -0.2) is 18.7 Å². The molecule has 1 aromatic carbocycles. The van der Waals surface area contributed by atoms with E-state index in [-0.39, 0.29) is 0 Å². The topological polar surface area (TPSA) is 56.7 Å². The predicted octanol–water partition coefficient (Wildman–Crippen LogP) is 3.30. The quantitative estimate of drug-likeness (QED) is 0.786. The first-order valence-corrected chi connectivity index (χ1v) is 7.04. The van der Waals surface area contributed by atoms with Gasteiger partial charge < -0.3 is 5.73 Å². The molecule has 2 aromatic heterocycles. The molecule has 0 fully saturated rings. The van der Waals surface area contributed by atoms with E-state index in [0.717, 1.165) is 10.5 Å². The van der Waals surface area contributed by atoms with E-state index in [2.05, 4.69) is 25.9 Å². The van der Waals surface area contributed by atoms with E-state index in [0.29, 0.717) is 35.6 Å². The van der Waals surface area contributed by atoms with Crippen molar-refractivity contribution >= 4 is 33.0 Å². The Balaban J connectivity index is 1.89. The average Bonchev–Trinajstić information content (AvgIpc) is 2.70. The first kappa shape index (κ1) is 13.9. The number of halogens is 3. The van der Waals surface area contributed by atoms with Crippen LogP contribution in [0.5, 0.6) is 0 Å². The molecule has 3 rings (SSSR count). The maximum absolute atomic E-state index is 13.2. The molecule has 2 N–H and O–H groups in total. The number of imidazole rings is 1. The van der Waals surface area contributed by atoms with Crippen molar-refractivity contribution in [3.05, 3.63) is 52.1 Å². The summed E-state index contributed by atoms with van der Waals surface area (Å²) in [5.41, 5.74) is 7.76. The fourth-order valence-electron chi connectivity index (χ4n) is 2.22. The highest BCUT2D eigenvalue weighted by atomic mass is 79.9. The molecule has 0 aliphatic rings. The molecule has 4 nitrogen and oxygen atoms in total. The lowest BCUT2D eigenvalue weighted by Crippen LogP contribution is -2.06. The standard InChI is InChI=1S/C14H11BrF2N4/c15-9-5-12-13(19-7-9)21(14(18)20-12)2-1-8-3-10(16)6-11(17)4-8/h3-7H,1-2H2,(H2,18,20). The number of nitrogens with zero attached hydrogens (tertiary/aromatic N) is 3. The normalized spacial score (nSPS) is 11.2. The van der Waals surface area contributed by atoms with Gasteiger partial charge in [0, 0.05) is 23.3 Å². The van der Waals surface area contributed by atoms with Gasteiger partial charge >= 0.3 is 0 Å². The molecule has 0 radical (unpaired) electrons. The van der Waals surface area contributed by atoms with Gasteiger partial charge in [-0.15, -0.1) is 0 Å². The highest BCUT2D eigenvalue weighted by molar-refractivity contribution is 9.10. The van der Waals surface area contributed by atoms with Crippen LogP contribution in [0.2, 0.25) is 0 Å². The van der Waals surface area contributed by atoms with Crippen LogP contribution in [0.15, 0.2) is 34.9 Å². The molecule has 108 valence electrons. The second kappa shape index (κ2) is 5.40. The molecule has 0 amide bonds. The Morgan fingerprint density at radius 3 is 2.57 bits per heavy atom. The van der Waals surface area contributed by atoms with Gasteiger partial charge in [-0.05, 0) is 46.1 Å². The fraction of sp³-hybridized carbons (Fsp3) is 0.143. The second-order valence-electron chi connectivity index (χ2n) is 4.65. The fourth-order valence-corrected chi connectivity index (χ4v) is 2.54. The number of anilines is 1. The molecular formula is C14H11BrF2N4. The van der Waals surface area contributed by atoms with Crippen LogP contribution in [0.25, 0.3) is 11.2 Å². The van der Waals surface area contributed by atoms with Crippen LogP contribution in [-0.4, -0.2) is 14.5 Å². The van der Waals surface area contributed by atoms with Gasteiger partial charge in [0.1, 0.15) is 17.2 Å². The third kappa shape index (κ3) is 2.87. The molecule has 0 saturated heterocycles. The first-order valence-electron chi connectivity index (χ1n) is 6.25. The first-order chi connectivity index (χ1) is 10.0. The number of nitrogens with two attached hydrogens (primary N) is 1. The van der Waals surface area contributed by atoms with E-state index in [1.807, 2.05) is 6.07 Å². The van der Waals surface area contributed by atoms with Crippen molar-refractivity contribution in [2.24, 2.45) is 0 Å². The summed E-state index contributed by atoms with van der Waals surface area (Å²) in [6, 6.07) is 5.28. The Labute approximate surface area is 127 Å². The van der Waals surface area contributed by atoms with Crippen molar-refractivity contribution < 1.29 is 8.78 Å². The monoisotopic (exact) mass is 352 g/mol. The Morgan fingerprint density at radius 1 is 1.14 bits per heavy atom. The molecule has 7 heteroatoms. The van der Waals surface area contributed by atoms with Gasteiger partial charge in [-0.3, -0.25) is 4.57 Å². The number of fused-ring (bicyclic) bond motifs is 1. The third-order valence-electron chi connectivity index (χ3n) is 3.13. The maximum Gasteiger partial charge on any atom is 0.202 e. The summed E-state index contributed by atoms with van der Waals surface area (Å²) < 4.78 is 28.9. The lowest BCUT2D eigenvalue weighted by Gasteiger charge is -2.06. The number of aromatic nitrogens is 3. The molecule has 0 unspecified atom stereocenters. The summed E-state index contributed by atoms with van der Waals surface area (Å²) in [4.78, 5) is 8.50. The van der Waals surface area contributed by atoms with Gasteiger partial charge in [-0.2, -0.15) is 0 Å². The molecule has 3 aromatic rings. The molecule has 0 aliphatic heterocycles. The third-order valence-corrected chi connectivity index (χ3v) is 3.56. The minimum atomic E-state index is -0.587. The van der Waals surface area contributed by atoms with Gasteiger partial charge in [0.25, 0.3) is 0 Å². The number of nitrogen functional groups attached to an aromatic ring is 1. The zero-order valence-corrected chi connectivity index (χ0v) is 12.4. The minimum Gasteiger partial charge on any atom is -0.369 e. The molecule has 0 atom stereocenters. The van der Waals surface area contributed by atoms with E-state index in [1.165, 1.54) is 12.1 Å². The molecule has 0 spiro atoms. The Bertz CT molecular complexity index is 796.